The van der Waals surface area contributed by atoms with Gasteiger partial charge < -0.3 is 15.5 Å². The van der Waals surface area contributed by atoms with Crippen LogP contribution < -0.4 is 5.32 Å². The van der Waals surface area contributed by atoms with Crippen LogP contribution in [0, 0.1) is 0 Å². The van der Waals surface area contributed by atoms with Crippen LogP contribution in [0.3, 0.4) is 0 Å². The monoisotopic (exact) mass is 335 g/mol. The maximum atomic E-state index is 13.0. The highest BCUT2D eigenvalue weighted by Crippen LogP contribution is 2.41. The first kappa shape index (κ1) is 16.8. The topological polar surface area (TPSA) is 69.6 Å². The van der Waals surface area contributed by atoms with Crippen LogP contribution in [0.4, 0.5) is 0 Å². The van der Waals surface area contributed by atoms with Crippen LogP contribution in [0.5, 0.6) is 11.5 Å². The lowest BCUT2D eigenvalue weighted by molar-refractivity contribution is -0.122. The molecule has 0 aliphatic rings. The van der Waals surface area contributed by atoms with Crippen molar-refractivity contribution < 1.29 is 15.0 Å². The van der Waals surface area contributed by atoms with Crippen molar-refractivity contribution in [2.45, 2.75) is 25.8 Å². The summed E-state index contributed by atoms with van der Waals surface area (Å²) in [4.78, 5) is 13.0. The smallest absolute Gasteiger partial charge is 0.232 e. The number of carbonyl (C=O) groups is 1. The number of nitrogens with one attached hydrogen (secondary N) is 1. The number of phenolic OH excluding ortho intramolecular Hbond substituents is 2. The number of hydrogen-bond acceptors (Lipinski definition) is 3. The fraction of sp³-hybridized carbons (Fsp3) is 0.190. The summed E-state index contributed by atoms with van der Waals surface area (Å²) in [6, 6.07) is 17.7. The van der Waals surface area contributed by atoms with Crippen molar-refractivity contribution in [3.8, 4) is 11.5 Å². The summed E-state index contributed by atoms with van der Waals surface area (Å²) in [5, 5.41) is 25.1. The average molecular weight is 335 g/mol. The van der Waals surface area contributed by atoms with Gasteiger partial charge in [0.05, 0.1) is 5.92 Å². The Morgan fingerprint density at radius 1 is 0.880 bits per heavy atom. The van der Waals surface area contributed by atoms with E-state index >= 15 is 0 Å². The lowest BCUT2D eigenvalue weighted by Gasteiger charge is -2.22. The lowest BCUT2D eigenvalue weighted by Crippen LogP contribution is -2.35. The van der Waals surface area contributed by atoms with Gasteiger partial charge in [-0.3, -0.25) is 4.79 Å². The van der Waals surface area contributed by atoms with Gasteiger partial charge in [-0.2, -0.15) is 0 Å². The number of phenols is 2. The molecule has 0 bridgehead atoms. The Bertz CT molecular complexity index is 904. The summed E-state index contributed by atoms with van der Waals surface area (Å²) in [5.74, 6) is -0.906. The molecule has 128 valence electrons. The zero-order valence-electron chi connectivity index (χ0n) is 14.2. The predicted octanol–water partition coefficient (Wildman–Crippen LogP) is 3.91. The third-order valence-corrected chi connectivity index (χ3v) is 4.16. The molecule has 0 radical (unpaired) electrons. The molecule has 3 rings (SSSR count). The third kappa shape index (κ3) is 3.29. The van der Waals surface area contributed by atoms with E-state index in [0.717, 1.165) is 10.9 Å². The Hall–Kier alpha value is -3.01. The van der Waals surface area contributed by atoms with Gasteiger partial charge in [-0.15, -0.1) is 0 Å². The van der Waals surface area contributed by atoms with E-state index in [1.165, 1.54) is 0 Å². The number of fused-ring (bicyclic) bond motifs is 1. The van der Waals surface area contributed by atoms with Crippen LogP contribution in [0.2, 0.25) is 0 Å². The van der Waals surface area contributed by atoms with E-state index in [1.807, 2.05) is 50.2 Å². The highest BCUT2D eigenvalue weighted by atomic mass is 16.3. The van der Waals surface area contributed by atoms with Crippen LogP contribution in [0.25, 0.3) is 10.8 Å². The summed E-state index contributed by atoms with van der Waals surface area (Å²) in [5.41, 5.74) is 1.17. The number of rotatable bonds is 4. The van der Waals surface area contributed by atoms with Crippen molar-refractivity contribution in [3.05, 3.63) is 71.8 Å². The van der Waals surface area contributed by atoms with Crippen molar-refractivity contribution >= 4 is 16.7 Å². The average Bonchev–Trinajstić information content (AvgIpc) is 2.58. The number of amides is 1. The molecule has 1 unspecified atom stereocenters. The number of hydrogen-bond donors (Lipinski definition) is 3. The maximum absolute atomic E-state index is 13.0. The molecule has 1 amide bonds. The van der Waals surface area contributed by atoms with Gasteiger partial charge in [0.25, 0.3) is 0 Å². The zero-order valence-corrected chi connectivity index (χ0v) is 14.2. The highest BCUT2D eigenvalue weighted by Gasteiger charge is 2.28. The molecule has 0 spiro atoms. The van der Waals surface area contributed by atoms with Crippen LogP contribution in [-0.2, 0) is 4.79 Å². The Morgan fingerprint density at radius 3 is 2.28 bits per heavy atom. The first-order chi connectivity index (χ1) is 12.0. The summed E-state index contributed by atoms with van der Waals surface area (Å²) in [7, 11) is 0. The molecular weight excluding hydrogens is 314 g/mol. The molecule has 0 aliphatic carbocycles. The predicted molar refractivity (Wildman–Crippen MR) is 98.8 cm³/mol. The molecule has 0 aliphatic heterocycles. The number of carbonyl (C=O) groups excluding carboxylic acids is 1. The van der Waals surface area contributed by atoms with Gasteiger partial charge in [-0.1, -0.05) is 48.5 Å². The number of benzene rings is 3. The minimum absolute atomic E-state index is 0.0123. The zero-order chi connectivity index (χ0) is 18.0. The molecular formula is C21H21NO3. The van der Waals surface area contributed by atoms with Crippen molar-refractivity contribution in [1.29, 1.82) is 0 Å². The van der Waals surface area contributed by atoms with Crippen LogP contribution in [0.15, 0.2) is 60.7 Å². The van der Waals surface area contributed by atoms with Crippen molar-refractivity contribution in [3.63, 3.8) is 0 Å². The third-order valence-electron chi connectivity index (χ3n) is 4.16. The summed E-state index contributed by atoms with van der Waals surface area (Å²) in [6.45, 7) is 3.78. The van der Waals surface area contributed by atoms with Crippen LogP contribution >= 0.6 is 0 Å². The molecule has 4 heteroatoms. The van der Waals surface area contributed by atoms with Gasteiger partial charge >= 0.3 is 0 Å². The standard InChI is InChI=1S/C21H21NO3/c1-13(2)22-21(25)19(14-7-4-3-5-8-14)20-17(24)12-11-15-9-6-10-16(23)18(15)20/h3-13,19,23-24H,1-2H3,(H,22,25). The van der Waals surface area contributed by atoms with Crippen LogP contribution in [0.1, 0.15) is 30.9 Å². The van der Waals surface area contributed by atoms with Gasteiger partial charge in [0.1, 0.15) is 11.5 Å². The quantitative estimate of drug-likeness (QED) is 0.677. The van der Waals surface area contributed by atoms with Gasteiger partial charge in [0, 0.05) is 17.0 Å². The van der Waals surface area contributed by atoms with Crippen molar-refractivity contribution in [2.75, 3.05) is 0 Å². The molecule has 3 aromatic rings. The normalized spacial score (nSPS) is 12.3. The Morgan fingerprint density at radius 2 is 1.60 bits per heavy atom. The van der Waals surface area contributed by atoms with E-state index < -0.39 is 5.92 Å². The molecule has 25 heavy (non-hydrogen) atoms. The van der Waals surface area contributed by atoms with E-state index in [9.17, 15) is 15.0 Å². The van der Waals surface area contributed by atoms with E-state index in [1.54, 1.807) is 24.3 Å². The second-order valence-electron chi connectivity index (χ2n) is 6.38. The van der Waals surface area contributed by atoms with E-state index in [0.29, 0.717) is 10.9 Å². The lowest BCUT2D eigenvalue weighted by atomic mass is 9.86. The maximum Gasteiger partial charge on any atom is 0.232 e. The van der Waals surface area contributed by atoms with E-state index in [2.05, 4.69) is 5.32 Å². The van der Waals surface area contributed by atoms with Crippen LogP contribution in [-0.4, -0.2) is 22.2 Å². The summed E-state index contributed by atoms with van der Waals surface area (Å²) >= 11 is 0. The molecule has 0 fully saturated rings. The second kappa shape index (κ2) is 6.85. The number of aromatic hydroxyl groups is 2. The molecule has 4 nitrogen and oxygen atoms in total. The Balaban J connectivity index is 2.29. The van der Waals surface area contributed by atoms with Gasteiger partial charge in [0.2, 0.25) is 5.91 Å². The minimum atomic E-state index is -0.722. The van der Waals surface area contributed by atoms with Gasteiger partial charge in [-0.25, -0.2) is 0 Å². The fourth-order valence-corrected chi connectivity index (χ4v) is 3.13. The SMILES string of the molecule is CC(C)NC(=O)C(c1ccccc1)c1c(O)ccc2cccc(O)c12. The molecule has 0 saturated carbocycles. The first-order valence-corrected chi connectivity index (χ1v) is 8.28. The Kier molecular flexibility index (Phi) is 4.61. The minimum Gasteiger partial charge on any atom is -0.508 e. The van der Waals surface area contributed by atoms with E-state index in [-0.39, 0.29) is 23.4 Å². The second-order valence-corrected chi connectivity index (χ2v) is 6.38. The summed E-state index contributed by atoms with van der Waals surface area (Å²) < 4.78 is 0. The molecule has 1 atom stereocenters. The molecule has 3 aromatic carbocycles. The molecule has 0 heterocycles. The van der Waals surface area contributed by atoms with E-state index in [4.69, 9.17) is 0 Å². The summed E-state index contributed by atoms with van der Waals surface area (Å²) in [6.07, 6.45) is 0. The van der Waals surface area contributed by atoms with Gasteiger partial charge in [-0.05, 0) is 36.9 Å². The highest BCUT2D eigenvalue weighted by molar-refractivity contribution is 5.99. The largest absolute Gasteiger partial charge is 0.508 e. The van der Waals surface area contributed by atoms with Gasteiger partial charge in [0.15, 0.2) is 0 Å². The Labute approximate surface area is 146 Å². The fourth-order valence-electron chi connectivity index (χ4n) is 3.13. The first-order valence-electron chi connectivity index (χ1n) is 8.28. The molecule has 3 N–H and O–H groups in total. The molecule has 0 aromatic heterocycles. The van der Waals surface area contributed by atoms with Crippen molar-refractivity contribution in [2.24, 2.45) is 0 Å². The molecule has 0 saturated heterocycles. The van der Waals surface area contributed by atoms with Crippen molar-refractivity contribution in [1.82, 2.24) is 5.32 Å².